The summed E-state index contributed by atoms with van der Waals surface area (Å²) in [6.07, 6.45) is -1.15. The number of hydrogen-bond donors (Lipinski definition) is 3. The van der Waals surface area contributed by atoms with Gasteiger partial charge in [0.05, 0.1) is 18.2 Å². The Morgan fingerprint density at radius 1 is 1.19 bits per heavy atom. The van der Waals surface area contributed by atoms with E-state index < -0.39 is 29.9 Å². The van der Waals surface area contributed by atoms with Gasteiger partial charge in [-0.15, -0.1) is 0 Å². The summed E-state index contributed by atoms with van der Waals surface area (Å²) in [7, 11) is 0. The molecule has 0 fully saturated rings. The number of anilines is 1. The highest BCUT2D eigenvalue weighted by molar-refractivity contribution is 6.15. The van der Waals surface area contributed by atoms with Crippen molar-refractivity contribution in [1.29, 1.82) is 0 Å². The molecular weight excluding hydrogens is 406 g/mol. The summed E-state index contributed by atoms with van der Waals surface area (Å²) in [5.41, 5.74) is 0.838. The van der Waals surface area contributed by atoms with Crippen LogP contribution in [-0.2, 0) is 20.8 Å². The first kappa shape index (κ1) is 21.8. The van der Waals surface area contributed by atoms with Crippen molar-refractivity contribution in [2.75, 3.05) is 18.1 Å². The third kappa shape index (κ3) is 5.17. The summed E-state index contributed by atoms with van der Waals surface area (Å²) in [6.45, 7) is -0.588. The Bertz CT molecular complexity index is 966. The van der Waals surface area contributed by atoms with Crippen LogP contribution in [-0.4, -0.2) is 58.9 Å². The van der Waals surface area contributed by atoms with Crippen LogP contribution in [0.1, 0.15) is 5.56 Å². The molecule has 0 saturated carbocycles. The van der Waals surface area contributed by atoms with Gasteiger partial charge in [-0.05, 0) is 24.1 Å². The van der Waals surface area contributed by atoms with Gasteiger partial charge in [0.15, 0.2) is 0 Å². The molecule has 0 radical (unpaired) electrons. The fraction of sp³-hybridized carbons (Fsp3) is 0.238. The highest BCUT2D eigenvalue weighted by Crippen LogP contribution is 2.31. The lowest BCUT2D eigenvalue weighted by atomic mass is 9.98. The van der Waals surface area contributed by atoms with Crippen LogP contribution < -0.4 is 15.0 Å². The van der Waals surface area contributed by atoms with E-state index in [9.17, 15) is 29.5 Å². The second-order valence-electron chi connectivity index (χ2n) is 6.91. The van der Waals surface area contributed by atoms with Crippen LogP contribution in [0.5, 0.6) is 5.75 Å². The molecule has 1 aliphatic heterocycles. The lowest BCUT2D eigenvalue weighted by Crippen LogP contribution is -2.54. The Balaban J connectivity index is 1.81. The summed E-state index contributed by atoms with van der Waals surface area (Å²) in [6, 6.07) is 13.8. The standard InChI is InChI=1S/C21H21N3O7/c25-13-23(30)11-15(10-14-6-2-1-3-7-14)19(26)22-16-12-31-18-9-5-4-8-17(18)24(20(16)27)21(28)29/h1-9,13,15-16,30H,10-12H2,(H,22,26)(H,28,29)/t15-,16+/m1/s1. The largest absolute Gasteiger partial charge is 0.489 e. The van der Waals surface area contributed by atoms with Crippen LogP contribution in [0.15, 0.2) is 54.6 Å². The van der Waals surface area contributed by atoms with Crippen LogP contribution in [0, 0.1) is 5.92 Å². The van der Waals surface area contributed by atoms with Crippen LogP contribution in [0.25, 0.3) is 0 Å². The Labute approximate surface area is 177 Å². The number of fused-ring (bicyclic) bond motifs is 1. The molecule has 1 heterocycles. The summed E-state index contributed by atoms with van der Waals surface area (Å²) in [5.74, 6) is -2.21. The number of imide groups is 1. The predicted molar refractivity (Wildman–Crippen MR) is 108 cm³/mol. The van der Waals surface area contributed by atoms with Gasteiger partial charge in [-0.25, -0.2) is 14.8 Å². The van der Waals surface area contributed by atoms with Gasteiger partial charge >= 0.3 is 6.09 Å². The van der Waals surface area contributed by atoms with Gasteiger partial charge in [-0.1, -0.05) is 42.5 Å². The summed E-state index contributed by atoms with van der Waals surface area (Å²) in [5, 5.41) is 22.0. The third-order valence-corrected chi connectivity index (χ3v) is 4.76. The number of hydroxylamine groups is 2. The monoisotopic (exact) mass is 427 g/mol. The second kappa shape index (κ2) is 9.72. The minimum Gasteiger partial charge on any atom is -0.489 e. The van der Waals surface area contributed by atoms with Gasteiger partial charge in [-0.3, -0.25) is 19.6 Å². The van der Waals surface area contributed by atoms with E-state index in [1.807, 2.05) is 6.07 Å². The van der Waals surface area contributed by atoms with Crippen molar-refractivity contribution in [3.8, 4) is 5.75 Å². The number of benzene rings is 2. The zero-order valence-electron chi connectivity index (χ0n) is 16.4. The Morgan fingerprint density at radius 3 is 2.55 bits per heavy atom. The van der Waals surface area contributed by atoms with E-state index in [1.165, 1.54) is 12.1 Å². The molecule has 162 valence electrons. The maximum Gasteiger partial charge on any atom is 0.418 e. The molecule has 3 N–H and O–H groups in total. The van der Waals surface area contributed by atoms with Crippen molar-refractivity contribution >= 4 is 30.0 Å². The molecule has 2 aromatic rings. The number of hydrogen-bond acceptors (Lipinski definition) is 6. The molecule has 0 aromatic heterocycles. The van der Waals surface area contributed by atoms with Gasteiger partial charge in [0, 0.05) is 0 Å². The number of amides is 4. The van der Waals surface area contributed by atoms with E-state index in [0.717, 1.165) is 5.56 Å². The first-order valence-electron chi connectivity index (χ1n) is 9.44. The van der Waals surface area contributed by atoms with Gasteiger partial charge < -0.3 is 15.2 Å². The quantitative estimate of drug-likeness (QED) is 0.344. The molecule has 0 aliphatic carbocycles. The summed E-state index contributed by atoms with van der Waals surface area (Å²) in [4.78, 5) is 48.9. The van der Waals surface area contributed by atoms with E-state index in [0.29, 0.717) is 9.96 Å². The van der Waals surface area contributed by atoms with Crippen LogP contribution in [0.2, 0.25) is 0 Å². The van der Waals surface area contributed by atoms with E-state index in [2.05, 4.69) is 5.32 Å². The number of nitrogens with one attached hydrogen (secondary N) is 1. The average Bonchev–Trinajstić information content (AvgIpc) is 2.90. The van der Waals surface area contributed by atoms with Gasteiger partial charge in [0.25, 0.3) is 5.91 Å². The summed E-state index contributed by atoms with van der Waals surface area (Å²) < 4.78 is 5.56. The number of carbonyl (C=O) groups is 4. The molecule has 1 aliphatic rings. The van der Waals surface area contributed by atoms with Crippen molar-refractivity contribution in [2.24, 2.45) is 5.92 Å². The molecule has 31 heavy (non-hydrogen) atoms. The van der Waals surface area contributed by atoms with E-state index >= 15 is 0 Å². The highest BCUT2D eigenvalue weighted by atomic mass is 16.5. The van der Waals surface area contributed by atoms with Gasteiger partial charge in [0.2, 0.25) is 12.3 Å². The Kier molecular flexibility index (Phi) is 6.83. The highest BCUT2D eigenvalue weighted by Gasteiger charge is 2.37. The number of rotatable bonds is 7. The number of carboxylic acid groups (broad SMARTS) is 1. The minimum atomic E-state index is -1.51. The summed E-state index contributed by atoms with van der Waals surface area (Å²) >= 11 is 0. The van der Waals surface area contributed by atoms with Crippen molar-refractivity contribution in [3.63, 3.8) is 0 Å². The lowest BCUT2D eigenvalue weighted by molar-refractivity contribution is -0.154. The number of para-hydroxylation sites is 2. The zero-order chi connectivity index (χ0) is 22.4. The minimum absolute atomic E-state index is 0.0556. The maximum absolute atomic E-state index is 12.9. The SMILES string of the molecule is O=CN(O)C[C@@H](Cc1ccccc1)C(=O)N[C@H]1COc2ccccc2N(C(=O)O)C1=O. The first-order chi connectivity index (χ1) is 14.9. The molecule has 0 saturated heterocycles. The number of nitrogens with zero attached hydrogens (tertiary/aromatic N) is 2. The third-order valence-electron chi connectivity index (χ3n) is 4.76. The molecule has 0 spiro atoms. The van der Waals surface area contributed by atoms with Crippen LogP contribution >= 0.6 is 0 Å². The maximum atomic E-state index is 12.9. The predicted octanol–water partition coefficient (Wildman–Crippen LogP) is 1.28. The topological polar surface area (TPSA) is 136 Å². The van der Waals surface area contributed by atoms with Gasteiger partial charge in [-0.2, -0.15) is 0 Å². The molecule has 2 atom stereocenters. The Morgan fingerprint density at radius 2 is 1.87 bits per heavy atom. The molecule has 3 rings (SSSR count). The Hall–Kier alpha value is -3.92. The molecular formula is C21H21N3O7. The molecule has 2 aromatic carbocycles. The van der Waals surface area contributed by atoms with Crippen LogP contribution in [0.3, 0.4) is 0 Å². The van der Waals surface area contributed by atoms with Crippen molar-refractivity contribution < 1.29 is 34.2 Å². The van der Waals surface area contributed by atoms with E-state index in [1.54, 1.807) is 36.4 Å². The van der Waals surface area contributed by atoms with E-state index in [-0.39, 0.29) is 37.4 Å². The number of ether oxygens (including phenoxy) is 1. The molecule has 10 nitrogen and oxygen atoms in total. The fourth-order valence-corrected chi connectivity index (χ4v) is 3.28. The van der Waals surface area contributed by atoms with Crippen molar-refractivity contribution in [1.82, 2.24) is 10.4 Å². The van der Waals surface area contributed by atoms with Crippen molar-refractivity contribution in [3.05, 3.63) is 60.2 Å². The smallest absolute Gasteiger partial charge is 0.418 e. The van der Waals surface area contributed by atoms with E-state index in [4.69, 9.17) is 4.74 Å². The fourth-order valence-electron chi connectivity index (χ4n) is 3.28. The average molecular weight is 427 g/mol. The van der Waals surface area contributed by atoms with Crippen molar-refractivity contribution in [2.45, 2.75) is 12.5 Å². The molecule has 4 amide bonds. The first-order valence-corrected chi connectivity index (χ1v) is 9.44. The molecule has 0 bridgehead atoms. The van der Waals surface area contributed by atoms with Crippen LogP contribution in [0.4, 0.5) is 10.5 Å². The molecule has 0 unspecified atom stereocenters. The second-order valence-corrected chi connectivity index (χ2v) is 6.91. The van der Waals surface area contributed by atoms with Gasteiger partial charge in [0.1, 0.15) is 18.4 Å². The zero-order valence-corrected chi connectivity index (χ0v) is 16.4. The lowest BCUT2D eigenvalue weighted by Gasteiger charge is -2.24. The number of carbonyl (C=O) groups excluding carboxylic acids is 3. The normalized spacial score (nSPS) is 16.4. The molecule has 10 heteroatoms.